The van der Waals surface area contributed by atoms with Crippen molar-refractivity contribution < 1.29 is 23.6 Å². The van der Waals surface area contributed by atoms with Crippen molar-refractivity contribution in [2.75, 3.05) is 11.9 Å². The number of amides is 1. The molecule has 0 radical (unpaired) electrons. The number of nitro groups is 1. The van der Waals surface area contributed by atoms with Gasteiger partial charge in [0, 0.05) is 24.6 Å². The molecule has 0 atom stereocenters. The van der Waals surface area contributed by atoms with Gasteiger partial charge in [-0.25, -0.2) is 13.9 Å². The van der Waals surface area contributed by atoms with E-state index in [1.54, 1.807) is 12.1 Å². The predicted molar refractivity (Wildman–Crippen MR) is 99.0 cm³/mol. The van der Waals surface area contributed by atoms with Crippen LogP contribution in [0.1, 0.15) is 10.5 Å². The van der Waals surface area contributed by atoms with E-state index in [1.165, 1.54) is 19.2 Å². The molecule has 1 N–H and O–H groups in total. The Hall–Kier alpha value is -4.15. The van der Waals surface area contributed by atoms with Crippen molar-refractivity contribution in [3.05, 3.63) is 74.4 Å². The maximum atomic E-state index is 13.7. The van der Waals surface area contributed by atoms with Crippen molar-refractivity contribution in [1.82, 2.24) is 9.78 Å². The van der Waals surface area contributed by atoms with Gasteiger partial charge in [0.2, 0.25) is 0 Å². The molecule has 3 rings (SSSR count). The average Bonchev–Trinajstić information content (AvgIpc) is 2.70. The first-order valence-corrected chi connectivity index (χ1v) is 8.15. The fourth-order valence-electron chi connectivity index (χ4n) is 2.56. The highest BCUT2D eigenvalue weighted by molar-refractivity contribution is 6.03. The summed E-state index contributed by atoms with van der Waals surface area (Å²) in [5.74, 6) is -2.76. The number of aryl methyl sites for hydroxylation is 1. The van der Waals surface area contributed by atoms with Crippen LogP contribution in [0.25, 0.3) is 10.8 Å². The maximum absolute atomic E-state index is 13.7. The Morgan fingerprint density at radius 1 is 1.24 bits per heavy atom. The van der Waals surface area contributed by atoms with E-state index in [9.17, 15) is 28.9 Å². The van der Waals surface area contributed by atoms with Gasteiger partial charge in [0.15, 0.2) is 12.3 Å². The van der Waals surface area contributed by atoms with Crippen LogP contribution in [0.5, 0.6) is 0 Å². The highest BCUT2D eigenvalue weighted by Crippen LogP contribution is 2.21. The molecule has 148 valence electrons. The molecule has 1 aromatic heterocycles. The van der Waals surface area contributed by atoms with E-state index in [0.717, 1.165) is 22.9 Å². The molecule has 0 saturated heterocycles. The molecular formula is C18H13FN4O6. The van der Waals surface area contributed by atoms with Gasteiger partial charge in [0.1, 0.15) is 5.82 Å². The number of benzene rings is 2. The normalized spacial score (nSPS) is 10.6. The zero-order chi connectivity index (χ0) is 21.1. The second-order valence-electron chi connectivity index (χ2n) is 5.87. The summed E-state index contributed by atoms with van der Waals surface area (Å²) in [5.41, 5.74) is -1.42. The number of carbonyl (C=O) groups is 2. The third-order valence-corrected chi connectivity index (χ3v) is 3.92. The molecule has 0 saturated carbocycles. The van der Waals surface area contributed by atoms with Crippen molar-refractivity contribution in [2.45, 2.75) is 0 Å². The summed E-state index contributed by atoms with van der Waals surface area (Å²) in [5, 5.41) is 17.2. The standard InChI is InChI=1S/C18H13FN4O6/c1-22-17(25)12-5-3-2-4-11(12)16(21-22)18(26)29-9-15(24)20-14-8-10(23(27)28)6-7-13(14)19/h2-8H,9H2,1H3,(H,20,24). The number of rotatable bonds is 5. The largest absolute Gasteiger partial charge is 0.451 e. The molecule has 0 bridgehead atoms. The summed E-state index contributed by atoms with van der Waals surface area (Å²) in [6.45, 7) is -0.792. The monoisotopic (exact) mass is 400 g/mol. The number of nitro benzene ring substituents is 1. The van der Waals surface area contributed by atoms with Crippen LogP contribution in [-0.2, 0) is 16.6 Å². The molecule has 29 heavy (non-hydrogen) atoms. The number of nitrogens with one attached hydrogen (secondary N) is 1. The number of carbonyl (C=O) groups excluding carboxylic acids is 2. The smallest absolute Gasteiger partial charge is 0.359 e. The second-order valence-corrected chi connectivity index (χ2v) is 5.87. The van der Waals surface area contributed by atoms with Gasteiger partial charge in [-0.3, -0.25) is 19.7 Å². The Kier molecular flexibility index (Phi) is 5.30. The first-order chi connectivity index (χ1) is 13.8. The lowest BCUT2D eigenvalue weighted by molar-refractivity contribution is -0.384. The van der Waals surface area contributed by atoms with Gasteiger partial charge < -0.3 is 10.1 Å². The van der Waals surface area contributed by atoms with Crippen molar-refractivity contribution in [1.29, 1.82) is 0 Å². The van der Waals surface area contributed by atoms with Gasteiger partial charge in [0.25, 0.3) is 17.2 Å². The fourth-order valence-corrected chi connectivity index (χ4v) is 2.56. The molecular weight excluding hydrogens is 387 g/mol. The van der Waals surface area contributed by atoms with E-state index >= 15 is 0 Å². The quantitative estimate of drug-likeness (QED) is 0.392. The Bertz CT molecular complexity index is 1210. The molecule has 0 aliphatic carbocycles. The SMILES string of the molecule is Cn1nc(C(=O)OCC(=O)Nc2cc([N+](=O)[O-])ccc2F)c2ccccc2c1=O. The molecule has 1 amide bonds. The zero-order valence-corrected chi connectivity index (χ0v) is 14.9. The van der Waals surface area contributed by atoms with E-state index in [-0.39, 0.29) is 16.5 Å². The van der Waals surface area contributed by atoms with Crippen LogP contribution in [0, 0.1) is 15.9 Å². The zero-order valence-electron chi connectivity index (χ0n) is 14.9. The number of halogens is 1. The average molecular weight is 400 g/mol. The van der Waals surface area contributed by atoms with E-state index in [4.69, 9.17) is 4.74 Å². The van der Waals surface area contributed by atoms with Gasteiger partial charge >= 0.3 is 5.97 Å². The lowest BCUT2D eigenvalue weighted by Gasteiger charge is -2.09. The van der Waals surface area contributed by atoms with Gasteiger partial charge in [-0.1, -0.05) is 18.2 Å². The van der Waals surface area contributed by atoms with Crippen LogP contribution in [0.15, 0.2) is 47.3 Å². The van der Waals surface area contributed by atoms with Crippen LogP contribution < -0.4 is 10.9 Å². The van der Waals surface area contributed by atoms with Crippen LogP contribution in [0.3, 0.4) is 0 Å². The molecule has 0 aliphatic rings. The lowest BCUT2D eigenvalue weighted by atomic mass is 10.1. The van der Waals surface area contributed by atoms with Gasteiger partial charge in [-0.05, 0) is 12.1 Å². The Morgan fingerprint density at radius 3 is 2.62 bits per heavy atom. The molecule has 0 fully saturated rings. The lowest BCUT2D eigenvalue weighted by Crippen LogP contribution is -2.26. The summed E-state index contributed by atoms with van der Waals surface area (Å²) < 4.78 is 19.6. The Labute approximate surface area is 161 Å². The summed E-state index contributed by atoms with van der Waals surface area (Å²) in [6.07, 6.45) is 0. The van der Waals surface area contributed by atoms with Crippen molar-refractivity contribution in [3.8, 4) is 0 Å². The maximum Gasteiger partial charge on any atom is 0.359 e. The minimum absolute atomic E-state index is 0.169. The van der Waals surface area contributed by atoms with Gasteiger partial charge in [0.05, 0.1) is 16.0 Å². The summed E-state index contributed by atoms with van der Waals surface area (Å²) in [6, 6.07) is 8.89. The number of ether oxygens (including phenoxy) is 1. The highest BCUT2D eigenvalue weighted by atomic mass is 19.1. The molecule has 2 aromatic carbocycles. The van der Waals surface area contributed by atoms with Crippen LogP contribution in [0.4, 0.5) is 15.8 Å². The summed E-state index contributed by atoms with van der Waals surface area (Å²) >= 11 is 0. The van der Waals surface area contributed by atoms with Crippen LogP contribution >= 0.6 is 0 Å². The number of non-ortho nitro benzene ring substituents is 1. The third-order valence-electron chi connectivity index (χ3n) is 3.92. The molecule has 0 aliphatic heterocycles. The minimum Gasteiger partial charge on any atom is -0.451 e. The third kappa shape index (κ3) is 4.08. The van der Waals surface area contributed by atoms with E-state index < -0.39 is 46.2 Å². The van der Waals surface area contributed by atoms with Crippen molar-refractivity contribution in [3.63, 3.8) is 0 Å². The first kappa shape index (κ1) is 19.6. The molecule has 3 aromatic rings. The molecule has 1 heterocycles. The minimum atomic E-state index is -0.966. The van der Waals surface area contributed by atoms with Gasteiger partial charge in [-0.15, -0.1) is 0 Å². The summed E-state index contributed by atoms with van der Waals surface area (Å²) in [7, 11) is 1.36. The highest BCUT2D eigenvalue weighted by Gasteiger charge is 2.19. The number of hydrogen-bond donors (Lipinski definition) is 1. The number of hydrogen-bond acceptors (Lipinski definition) is 7. The second kappa shape index (κ2) is 7.84. The first-order valence-electron chi connectivity index (χ1n) is 8.15. The topological polar surface area (TPSA) is 133 Å². The Morgan fingerprint density at radius 2 is 1.93 bits per heavy atom. The number of anilines is 1. The number of fused-ring (bicyclic) bond motifs is 1. The van der Waals surface area contributed by atoms with Crippen LogP contribution in [-0.4, -0.2) is 33.2 Å². The number of esters is 1. The molecule has 11 heteroatoms. The molecule has 0 unspecified atom stereocenters. The fraction of sp³-hybridized carbons (Fsp3) is 0.111. The Balaban J connectivity index is 1.75. The van der Waals surface area contributed by atoms with Gasteiger partial charge in [-0.2, -0.15) is 5.10 Å². The van der Waals surface area contributed by atoms with Crippen LogP contribution in [0.2, 0.25) is 0 Å². The van der Waals surface area contributed by atoms with Crippen molar-refractivity contribution in [2.24, 2.45) is 7.05 Å². The van der Waals surface area contributed by atoms with E-state index in [2.05, 4.69) is 10.4 Å². The molecule has 0 spiro atoms. The number of aromatic nitrogens is 2. The summed E-state index contributed by atoms with van der Waals surface area (Å²) in [4.78, 5) is 46.4. The molecule has 10 nitrogen and oxygen atoms in total. The van der Waals surface area contributed by atoms with E-state index in [0.29, 0.717) is 0 Å². The number of nitrogens with zero attached hydrogens (tertiary/aromatic N) is 3. The van der Waals surface area contributed by atoms with Crippen molar-refractivity contribution >= 4 is 34.0 Å². The van der Waals surface area contributed by atoms with E-state index in [1.807, 2.05) is 0 Å². The predicted octanol–water partition coefficient (Wildman–Crippen LogP) is 1.78.